The van der Waals surface area contributed by atoms with Crippen LogP contribution >= 0.6 is 0 Å². The number of aryl methyl sites for hydroxylation is 1. The number of hydrogen-bond acceptors (Lipinski definition) is 3. The average molecular weight is 235 g/mol. The Morgan fingerprint density at radius 2 is 2.06 bits per heavy atom. The van der Waals surface area contributed by atoms with E-state index in [4.69, 9.17) is 5.73 Å². The van der Waals surface area contributed by atoms with Crippen LogP contribution in [0.3, 0.4) is 0 Å². The van der Waals surface area contributed by atoms with E-state index in [-0.39, 0.29) is 0 Å². The van der Waals surface area contributed by atoms with Gasteiger partial charge in [-0.15, -0.1) is 0 Å². The lowest BCUT2D eigenvalue weighted by Crippen LogP contribution is -2.43. The van der Waals surface area contributed by atoms with Gasteiger partial charge in [0.2, 0.25) is 0 Å². The van der Waals surface area contributed by atoms with Crippen molar-refractivity contribution >= 4 is 0 Å². The molecule has 1 heterocycles. The van der Waals surface area contributed by atoms with Crippen molar-refractivity contribution in [2.45, 2.75) is 40.3 Å². The first kappa shape index (κ1) is 14.1. The molecule has 0 spiro atoms. The van der Waals surface area contributed by atoms with Gasteiger partial charge in [0.1, 0.15) is 0 Å². The highest BCUT2D eigenvalue weighted by Crippen LogP contribution is 2.13. The van der Waals surface area contributed by atoms with E-state index in [2.05, 4.69) is 42.8 Å². The van der Waals surface area contributed by atoms with Crippen molar-refractivity contribution in [2.24, 2.45) is 11.7 Å². The highest BCUT2D eigenvalue weighted by Gasteiger charge is 2.19. The topological polar surface area (TPSA) is 42.2 Å². The molecule has 1 aromatic heterocycles. The van der Waals surface area contributed by atoms with Gasteiger partial charge in [0.05, 0.1) is 5.69 Å². The predicted molar refractivity (Wildman–Crippen MR) is 72.7 cm³/mol. The Balaban J connectivity index is 2.75. The zero-order chi connectivity index (χ0) is 12.8. The molecule has 1 unspecified atom stereocenters. The van der Waals surface area contributed by atoms with Crippen molar-refractivity contribution in [3.63, 3.8) is 0 Å². The fourth-order valence-electron chi connectivity index (χ4n) is 2.20. The van der Waals surface area contributed by atoms with Crippen LogP contribution in [0.25, 0.3) is 0 Å². The third kappa shape index (κ3) is 4.10. The monoisotopic (exact) mass is 235 g/mol. The van der Waals surface area contributed by atoms with E-state index in [0.717, 1.165) is 24.5 Å². The number of aromatic nitrogens is 1. The highest BCUT2D eigenvalue weighted by atomic mass is 15.2. The lowest BCUT2D eigenvalue weighted by molar-refractivity contribution is 0.158. The van der Waals surface area contributed by atoms with Gasteiger partial charge in [-0.3, -0.25) is 9.88 Å². The van der Waals surface area contributed by atoms with Gasteiger partial charge in [-0.05, 0) is 31.5 Å². The van der Waals surface area contributed by atoms with Gasteiger partial charge in [-0.2, -0.15) is 0 Å². The largest absolute Gasteiger partial charge is 0.329 e. The zero-order valence-electron chi connectivity index (χ0n) is 11.5. The van der Waals surface area contributed by atoms with Crippen LogP contribution < -0.4 is 5.73 Å². The number of nitrogens with two attached hydrogens (primary N) is 1. The van der Waals surface area contributed by atoms with Crippen LogP contribution in [-0.2, 0) is 6.54 Å². The van der Waals surface area contributed by atoms with Crippen LogP contribution in [0, 0.1) is 12.8 Å². The third-order valence-electron chi connectivity index (χ3n) is 3.20. The maximum atomic E-state index is 5.87. The molecule has 0 aliphatic carbocycles. The lowest BCUT2D eigenvalue weighted by Gasteiger charge is -2.32. The second kappa shape index (κ2) is 6.72. The molecule has 0 aromatic carbocycles. The van der Waals surface area contributed by atoms with E-state index in [9.17, 15) is 0 Å². The Labute approximate surface area is 105 Å². The Hall–Kier alpha value is -0.930. The normalized spacial score (nSPS) is 13.4. The van der Waals surface area contributed by atoms with Crippen LogP contribution in [0.2, 0.25) is 0 Å². The summed E-state index contributed by atoms with van der Waals surface area (Å²) in [6, 6.07) is 6.62. The van der Waals surface area contributed by atoms with Crippen LogP contribution in [0.5, 0.6) is 0 Å². The molecule has 0 saturated heterocycles. The van der Waals surface area contributed by atoms with Gasteiger partial charge in [0.15, 0.2) is 0 Å². The summed E-state index contributed by atoms with van der Waals surface area (Å²) in [5.74, 6) is 0.574. The van der Waals surface area contributed by atoms with Crippen molar-refractivity contribution in [2.75, 3.05) is 13.1 Å². The van der Waals surface area contributed by atoms with E-state index in [1.165, 1.54) is 0 Å². The van der Waals surface area contributed by atoms with Gasteiger partial charge < -0.3 is 5.73 Å². The van der Waals surface area contributed by atoms with E-state index >= 15 is 0 Å². The minimum absolute atomic E-state index is 0.433. The minimum atomic E-state index is 0.433. The summed E-state index contributed by atoms with van der Waals surface area (Å²) in [5.41, 5.74) is 8.08. The maximum absolute atomic E-state index is 5.87. The molecule has 3 heteroatoms. The van der Waals surface area contributed by atoms with Crippen molar-refractivity contribution in [3.8, 4) is 0 Å². The zero-order valence-corrected chi connectivity index (χ0v) is 11.5. The number of hydrogen-bond donors (Lipinski definition) is 1. The van der Waals surface area contributed by atoms with Crippen LogP contribution in [0.1, 0.15) is 32.2 Å². The van der Waals surface area contributed by atoms with Crippen molar-refractivity contribution < 1.29 is 0 Å². The molecule has 0 aliphatic heterocycles. The Morgan fingerprint density at radius 1 is 1.35 bits per heavy atom. The number of nitrogens with zero attached hydrogens (tertiary/aromatic N) is 2. The summed E-state index contributed by atoms with van der Waals surface area (Å²) in [4.78, 5) is 6.96. The Kier molecular flexibility index (Phi) is 5.59. The molecule has 1 aromatic rings. The molecule has 2 N–H and O–H groups in total. The SMILES string of the molecule is CCN(Cc1cccc(C)n1)C(CN)C(C)C. The summed E-state index contributed by atoms with van der Waals surface area (Å²) >= 11 is 0. The summed E-state index contributed by atoms with van der Waals surface area (Å²) in [5, 5.41) is 0. The Morgan fingerprint density at radius 3 is 2.53 bits per heavy atom. The van der Waals surface area contributed by atoms with E-state index in [1.54, 1.807) is 0 Å². The molecule has 0 amide bonds. The van der Waals surface area contributed by atoms with Gasteiger partial charge in [0.25, 0.3) is 0 Å². The standard InChI is InChI=1S/C14H25N3/c1-5-17(14(9-15)11(2)3)10-13-8-6-7-12(4)16-13/h6-8,11,14H,5,9-10,15H2,1-4H3. The fourth-order valence-corrected chi connectivity index (χ4v) is 2.20. The molecule has 0 aliphatic rings. The lowest BCUT2D eigenvalue weighted by atomic mass is 10.0. The van der Waals surface area contributed by atoms with E-state index in [0.29, 0.717) is 18.5 Å². The quantitative estimate of drug-likeness (QED) is 0.822. The minimum Gasteiger partial charge on any atom is -0.329 e. The first-order valence-corrected chi connectivity index (χ1v) is 6.45. The molecule has 1 rings (SSSR count). The first-order chi connectivity index (χ1) is 8.08. The van der Waals surface area contributed by atoms with Gasteiger partial charge in [0, 0.05) is 24.8 Å². The molecule has 1 atom stereocenters. The van der Waals surface area contributed by atoms with Crippen LogP contribution in [0.15, 0.2) is 18.2 Å². The summed E-state index contributed by atoms with van der Waals surface area (Å²) < 4.78 is 0. The summed E-state index contributed by atoms with van der Waals surface area (Å²) in [6.45, 7) is 11.3. The van der Waals surface area contributed by atoms with Gasteiger partial charge in [-0.1, -0.05) is 26.8 Å². The number of rotatable bonds is 6. The third-order valence-corrected chi connectivity index (χ3v) is 3.20. The van der Waals surface area contributed by atoms with E-state index in [1.807, 2.05) is 13.0 Å². The second-order valence-corrected chi connectivity index (χ2v) is 4.88. The molecular formula is C14H25N3. The van der Waals surface area contributed by atoms with Crippen molar-refractivity contribution in [3.05, 3.63) is 29.6 Å². The second-order valence-electron chi connectivity index (χ2n) is 4.88. The number of likely N-dealkylation sites (N-methyl/N-ethyl adjacent to an activating group) is 1. The predicted octanol–water partition coefficient (Wildman–Crippen LogP) is 2.20. The average Bonchev–Trinajstić information content (AvgIpc) is 2.28. The Bertz CT molecular complexity index is 336. The molecule has 96 valence electrons. The summed E-state index contributed by atoms with van der Waals surface area (Å²) in [6.07, 6.45) is 0. The molecule has 0 bridgehead atoms. The van der Waals surface area contributed by atoms with Gasteiger partial charge in [-0.25, -0.2) is 0 Å². The maximum Gasteiger partial charge on any atom is 0.0547 e. The van der Waals surface area contributed by atoms with Crippen LogP contribution in [0.4, 0.5) is 0 Å². The molecular weight excluding hydrogens is 210 g/mol. The molecule has 0 saturated carbocycles. The van der Waals surface area contributed by atoms with Gasteiger partial charge >= 0.3 is 0 Å². The number of pyridine rings is 1. The summed E-state index contributed by atoms with van der Waals surface area (Å²) in [7, 11) is 0. The molecule has 17 heavy (non-hydrogen) atoms. The molecule has 3 nitrogen and oxygen atoms in total. The highest BCUT2D eigenvalue weighted by molar-refractivity contribution is 5.10. The smallest absolute Gasteiger partial charge is 0.0547 e. The molecule has 0 radical (unpaired) electrons. The van der Waals surface area contributed by atoms with Crippen LogP contribution in [-0.4, -0.2) is 29.0 Å². The first-order valence-electron chi connectivity index (χ1n) is 6.45. The molecule has 0 fully saturated rings. The van der Waals surface area contributed by atoms with Crippen molar-refractivity contribution in [1.29, 1.82) is 0 Å². The fraction of sp³-hybridized carbons (Fsp3) is 0.643. The van der Waals surface area contributed by atoms with Crippen molar-refractivity contribution in [1.82, 2.24) is 9.88 Å². The van der Waals surface area contributed by atoms with E-state index < -0.39 is 0 Å².